The van der Waals surface area contributed by atoms with Gasteiger partial charge in [0.15, 0.2) is 5.78 Å². The molecule has 0 fully saturated rings. The van der Waals surface area contributed by atoms with Crippen LogP contribution in [-0.4, -0.2) is 15.6 Å². The Hall–Kier alpha value is -3.24. The fourth-order valence-corrected chi connectivity index (χ4v) is 4.38. The predicted molar refractivity (Wildman–Crippen MR) is 114 cm³/mol. The number of allylic oxidation sites excluding steroid dienone is 1. The number of fused-ring (bicyclic) bond motifs is 1. The smallest absolute Gasteiger partial charge is 0.189 e. The second-order valence-electron chi connectivity index (χ2n) is 6.85. The van der Waals surface area contributed by atoms with Crippen LogP contribution in [0.5, 0.6) is 0 Å². The molecule has 0 spiro atoms. The molecule has 0 N–H and O–H groups in total. The number of hydrogen-bond acceptors (Lipinski definition) is 3. The molecular weight excluding hydrogens is 364 g/mol. The average Bonchev–Trinajstić information content (AvgIpc) is 3.41. The van der Waals surface area contributed by atoms with Gasteiger partial charge in [0.2, 0.25) is 0 Å². The molecular formula is C24H18N2OS. The Labute approximate surface area is 167 Å². The Morgan fingerprint density at radius 1 is 0.929 bits per heavy atom. The molecule has 0 saturated carbocycles. The van der Waals surface area contributed by atoms with Gasteiger partial charge in [0, 0.05) is 22.9 Å². The minimum Gasteiger partial charge on any atom is -0.289 e. The summed E-state index contributed by atoms with van der Waals surface area (Å²) in [7, 11) is 0. The van der Waals surface area contributed by atoms with Gasteiger partial charge in [0.25, 0.3) is 0 Å². The minimum atomic E-state index is 0.131. The second-order valence-corrected chi connectivity index (χ2v) is 7.79. The van der Waals surface area contributed by atoms with Gasteiger partial charge in [-0.2, -0.15) is 5.10 Å². The molecule has 0 saturated heterocycles. The summed E-state index contributed by atoms with van der Waals surface area (Å²) in [6.07, 6.45) is 5.70. The summed E-state index contributed by atoms with van der Waals surface area (Å²) in [6.45, 7) is 0. The molecule has 0 atom stereocenters. The molecule has 3 nitrogen and oxygen atoms in total. The van der Waals surface area contributed by atoms with E-state index in [1.54, 1.807) is 11.3 Å². The summed E-state index contributed by atoms with van der Waals surface area (Å²) in [6, 6.07) is 22.1. The number of hydrogen-bond donors (Lipinski definition) is 0. The van der Waals surface area contributed by atoms with E-state index in [0.717, 1.165) is 51.4 Å². The molecule has 4 aromatic rings. The molecule has 2 aromatic heterocycles. The Morgan fingerprint density at radius 2 is 1.75 bits per heavy atom. The monoisotopic (exact) mass is 382 g/mol. The van der Waals surface area contributed by atoms with Gasteiger partial charge >= 0.3 is 0 Å². The van der Waals surface area contributed by atoms with Crippen molar-refractivity contribution in [1.82, 2.24) is 9.78 Å². The highest BCUT2D eigenvalue weighted by atomic mass is 32.1. The van der Waals surface area contributed by atoms with Gasteiger partial charge in [-0.1, -0.05) is 48.5 Å². The maximum absolute atomic E-state index is 13.0. The zero-order valence-corrected chi connectivity index (χ0v) is 16.0. The van der Waals surface area contributed by atoms with Crippen LogP contribution in [0.3, 0.4) is 0 Å². The van der Waals surface area contributed by atoms with Crippen molar-refractivity contribution in [2.45, 2.75) is 12.8 Å². The van der Waals surface area contributed by atoms with Crippen molar-refractivity contribution in [3.05, 3.63) is 101 Å². The van der Waals surface area contributed by atoms with E-state index in [9.17, 15) is 4.79 Å². The van der Waals surface area contributed by atoms with E-state index in [0.29, 0.717) is 0 Å². The van der Waals surface area contributed by atoms with Crippen LogP contribution in [0.2, 0.25) is 0 Å². The van der Waals surface area contributed by atoms with E-state index in [2.05, 4.69) is 17.5 Å². The van der Waals surface area contributed by atoms with Crippen molar-refractivity contribution in [1.29, 1.82) is 0 Å². The highest BCUT2D eigenvalue weighted by Crippen LogP contribution is 2.32. The van der Waals surface area contributed by atoms with Gasteiger partial charge in [-0.25, -0.2) is 4.68 Å². The van der Waals surface area contributed by atoms with Crippen molar-refractivity contribution in [2.24, 2.45) is 0 Å². The lowest BCUT2D eigenvalue weighted by Crippen LogP contribution is -2.13. The molecule has 0 amide bonds. The third kappa shape index (κ3) is 3.02. The topological polar surface area (TPSA) is 34.9 Å². The molecule has 4 heteroatoms. The zero-order chi connectivity index (χ0) is 18.9. The van der Waals surface area contributed by atoms with Crippen LogP contribution in [0.1, 0.15) is 27.9 Å². The molecule has 2 aromatic carbocycles. The maximum Gasteiger partial charge on any atom is 0.189 e. The first-order valence-corrected chi connectivity index (χ1v) is 10.2. The molecule has 0 unspecified atom stereocenters. The van der Waals surface area contributed by atoms with Crippen LogP contribution in [0, 0.1) is 0 Å². The number of carbonyl (C=O) groups excluding carboxylic acids is 1. The van der Waals surface area contributed by atoms with Gasteiger partial charge in [-0.3, -0.25) is 4.79 Å². The number of carbonyl (C=O) groups is 1. The van der Waals surface area contributed by atoms with Gasteiger partial charge in [-0.05, 0) is 48.1 Å². The first kappa shape index (κ1) is 16.9. The van der Waals surface area contributed by atoms with E-state index in [1.807, 2.05) is 71.6 Å². The van der Waals surface area contributed by atoms with E-state index < -0.39 is 0 Å². The number of nitrogens with zero attached hydrogens (tertiary/aromatic N) is 2. The highest BCUT2D eigenvalue weighted by Gasteiger charge is 2.22. The van der Waals surface area contributed by atoms with Crippen LogP contribution in [0.25, 0.3) is 22.3 Å². The Balaban J connectivity index is 1.61. The second kappa shape index (κ2) is 7.06. The molecule has 1 aliphatic rings. The lowest BCUT2D eigenvalue weighted by atomic mass is 9.86. The Morgan fingerprint density at radius 3 is 2.57 bits per heavy atom. The summed E-state index contributed by atoms with van der Waals surface area (Å²) in [5.74, 6) is 0.131. The molecule has 2 heterocycles. The standard InChI is InChI=1S/C24H18N2OS/c27-24-18(13-12-17-7-4-5-10-21(17)24)15-19-16-26(20-8-2-1-3-9-20)25-23(19)22-11-6-14-28-22/h1-11,14-16H,12-13H2/b18-15+. The quantitative estimate of drug-likeness (QED) is 0.419. The van der Waals surface area contributed by atoms with E-state index in [4.69, 9.17) is 5.10 Å². The molecule has 0 radical (unpaired) electrons. The molecule has 0 bridgehead atoms. The number of benzene rings is 2. The van der Waals surface area contributed by atoms with E-state index in [1.165, 1.54) is 0 Å². The fourth-order valence-electron chi connectivity index (χ4n) is 3.65. The van der Waals surface area contributed by atoms with Crippen molar-refractivity contribution >= 4 is 23.2 Å². The highest BCUT2D eigenvalue weighted by molar-refractivity contribution is 7.13. The third-order valence-corrected chi connectivity index (χ3v) is 5.94. The van der Waals surface area contributed by atoms with Gasteiger partial charge in [0.05, 0.1) is 10.6 Å². The van der Waals surface area contributed by atoms with Crippen LogP contribution in [0.15, 0.2) is 83.9 Å². The van der Waals surface area contributed by atoms with Crippen LogP contribution >= 0.6 is 11.3 Å². The number of aryl methyl sites for hydroxylation is 1. The lowest BCUT2D eigenvalue weighted by Gasteiger charge is -2.17. The first-order valence-electron chi connectivity index (χ1n) is 9.32. The predicted octanol–water partition coefficient (Wildman–Crippen LogP) is 5.81. The van der Waals surface area contributed by atoms with Gasteiger partial charge < -0.3 is 0 Å². The molecule has 5 rings (SSSR count). The first-order chi connectivity index (χ1) is 13.8. The fraction of sp³-hybridized carbons (Fsp3) is 0.0833. The Bertz CT molecular complexity index is 1170. The number of rotatable bonds is 3. The number of Topliss-reactive ketones (excluding diaryl/α,β-unsaturated/α-hetero) is 1. The number of ketones is 1. The largest absolute Gasteiger partial charge is 0.289 e. The normalized spacial score (nSPS) is 15.0. The van der Waals surface area contributed by atoms with Crippen LogP contribution < -0.4 is 0 Å². The summed E-state index contributed by atoms with van der Waals surface area (Å²) < 4.78 is 1.89. The number of thiophene rings is 1. The SMILES string of the molecule is O=C1/C(=C/c2cn(-c3ccccc3)nc2-c2cccs2)CCc2ccccc21. The minimum absolute atomic E-state index is 0.131. The zero-order valence-electron chi connectivity index (χ0n) is 15.2. The molecule has 136 valence electrons. The van der Waals surface area contributed by atoms with Crippen LogP contribution in [-0.2, 0) is 6.42 Å². The molecule has 1 aliphatic carbocycles. The summed E-state index contributed by atoms with van der Waals surface area (Å²) in [5.41, 5.74) is 5.72. The van der Waals surface area contributed by atoms with Gasteiger partial charge in [-0.15, -0.1) is 11.3 Å². The molecule has 28 heavy (non-hydrogen) atoms. The van der Waals surface area contributed by atoms with Crippen molar-refractivity contribution in [3.8, 4) is 16.3 Å². The Kier molecular flexibility index (Phi) is 4.26. The number of para-hydroxylation sites is 1. The van der Waals surface area contributed by atoms with Gasteiger partial charge in [0.1, 0.15) is 5.69 Å². The maximum atomic E-state index is 13.0. The third-order valence-electron chi connectivity index (χ3n) is 5.06. The van der Waals surface area contributed by atoms with Crippen molar-refractivity contribution in [2.75, 3.05) is 0 Å². The molecule has 0 aliphatic heterocycles. The summed E-state index contributed by atoms with van der Waals surface area (Å²) >= 11 is 1.66. The summed E-state index contributed by atoms with van der Waals surface area (Å²) in [5, 5.41) is 6.88. The van der Waals surface area contributed by atoms with Crippen LogP contribution in [0.4, 0.5) is 0 Å². The van der Waals surface area contributed by atoms with Crippen molar-refractivity contribution in [3.63, 3.8) is 0 Å². The van der Waals surface area contributed by atoms with E-state index >= 15 is 0 Å². The van der Waals surface area contributed by atoms with Crippen molar-refractivity contribution < 1.29 is 4.79 Å². The number of aromatic nitrogens is 2. The average molecular weight is 382 g/mol. The summed E-state index contributed by atoms with van der Waals surface area (Å²) in [4.78, 5) is 14.1. The van der Waals surface area contributed by atoms with E-state index in [-0.39, 0.29) is 5.78 Å². The lowest BCUT2D eigenvalue weighted by molar-refractivity contribution is 0.102.